The molecular weight excluding hydrogens is 569 g/mol. The molecule has 6 nitrogen and oxygen atoms in total. The van der Waals surface area contributed by atoms with Crippen LogP contribution in [-0.2, 0) is 12.7 Å². The summed E-state index contributed by atoms with van der Waals surface area (Å²) in [5.74, 6) is -1.68. The van der Waals surface area contributed by atoms with Crippen molar-refractivity contribution in [1.82, 2.24) is 24.6 Å². The van der Waals surface area contributed by atoms with Gasteiger partial charge in [-0.3, -0.25) is 9.69 Å². The first kappa shape index (κ1) is 28.1. The maximum Gasteiger partial charge on any atom is 0.419 e. The molecule has 1 amide bonds. The molecule has 0 unspecified atom stereocenters. The van der Waals surface area contributed by atoms with Gasteiger partial charge in [-0.25, -0.2) is 14.1 Å². The summed E-state index contributed by atoms with van der Waals surface area (Å²) in [6.07, 6.45) is -1.79. The number of alkyl halides is 3. The average molecular weight is 592 g/mol. The van der Waals surface area contributed by atoms with Gasteiger partial charge in [-0.1, -0.05) is 35.3 Å². The number of halogens is 6. The number of carbonyl (C=O) groups excluding carboxylic acids is 1. The Kier molecular flexibility index (Phi) is 7.85. The van der Waals surface area contributed by atoms with Crippen molar-refractivity contribution >= 4 is 29.1 Å². The smallest absolute Gasteiger partial charge is 0.336 e. The summed E-state index contributed by atoms with van der Waals surface area (Å²) in [4.78, 5) is 21.1. The molecule has 5 rings (SSSR count). The zero-order chi connectivity index (χ0) is 28.6. The predicted octanol–water partition coefficient (Wildman–Crippen LogP) is 6.47. The van der Waals surface area contributed by atoms with E-state index in [-0.39, 0.29) is 24.4 Å². The molecule has 208 valence electrons. The molecule has 0 spiro atoms. The van der Waals surface area contributed by atoms with E-state index >= 15 is 0 Å². The number of carbonyl (C=O) groups is 1. The highest BCUT2D eigenvalue weighted by atomic mass is 35.5. The van der Waals surface area contributed by atoms with Gasteiger partial charge in [0.2, 0.25) is 0 Å². The van der Waals surface area contributed by atoms with Crippen LogP contribution in [0, 0.1) is 5.82 Å². The zero-order valence-electron chi connectivity index (χ0n) is 21.1. The minimum absolute atomic E-state index is 0.173. The van der Waals surface area contributed by atoms with Crippen molar-refractivity contribution < 1.29 is 22.4 Å². The lowest BCUT2D eigenvalue weighted by Crippen LogP contribution is -2.38. The molecule has 12 heteroatoms. The number of likely N-dealkylation sites (N-methyl/N-ethyl adjacent to an activating group) is 1. The quantitative estimate of drug-likeness (QED) is 0.241. The van der Waals surface area contributed by atoms with Gasteiger partial charge in [0.15, 0.2) is 0 Å². The molecule has 40 heavy (non-hydrogen) atoms. The topological polar surface area (TPSA) is 54.3 Å². The third-order valence-electron chi connectivity index (χ3n) is 7.08. The Morgan fingerprint density at radius 3 is 2.40 bits per heavy atom. The van der Waals surface area contributed by atoms with Crippen LogP contribution in [0.2, 0.25) is 10.0 Å². The second-order valence-corrected chi connectivity index (χ2v) is 10.5. The second kappa shape index (κ2) is 11.2. The monoisotopic (exact) mass is 591 g/mol. The van der Waals surface area contributed by atoms with E-state index in [0.29, 0.717) is 34.3 Å². The Bertz CT molecular complexity index is 1510. The van der Waals surface area contributed by atoms with Crippen LogP contribution in [0.5, 0.6) is 0 Å². The second-order valence-electron chi connectivity index (χ2n) is 9.67. The van der Waals surface area contributed by atoms with Crippen molar-refractivity contribution in [2.45, 2.75) is 24.7 Å². The number of amides is 1. The fourth-order valence-corrected chi connectivity index (χ4v) is 5.35. The number of hydrogen-bond acceptors (Lipinski definition) is 4. The van der Waals surface area contributed by atoms with Gasteiger partial charge in [-0.05, 0) is 66.7 Å². The van der Waals surface area contributed by atoms with Crippen molar-refractivity contribution in [3.05, 3.63) is 111 Å². The van der Waals surface area contributed by atoms with Crippen molar-refractivity contribution in [2.24, 2.45) is 0 Å². The van der Waals surface area contributed by atoms with Crippen molar-refractivity contribution in [3.8, 4) is 5.69 Å². The van der Waals surface area contributed by atoms with Gasteiger partial charge in [-0.15, -0.1) is 0 Å². The first-order chi connectivity index (χ1) is 19.0. The summed E-state index contributed by atoms with van der Waals surface area (Å²) in [5, 5.41) is 4.86. The maximum absolute atomic E-state index is 14.2. The van der Waals surface area contributed by atoms with E-state index in [1.54, 1.807) is 59.4 Å². The largest absolute Gasteiger partial charge is 0.419 e. The molecule has 1 aliphatic heterocycles. The van der Waals surface area contributed by atoms with Crippen LogP contribution in [-0.4, -0.2) is 56.7 Å². The third kappa shape index (κ3) is 5.84. The highest BCUT2D eigenvalue weighted by Crippen LogP contribution is 2.36. The highest BCUT2D eigenvalue weighted by molar-refractivity contribution is 6.42. The molecule has 1 aromatic heterocycles. The number of hydrogen-bond donors (Lipinski definition) is 0. The van der Waals surface area contributed by atoms with Gasteiger partial charge in [0.1, 0.15) is 18.5 Å². The Morgan fingerprint density at radius 2 is 1.77 bits per heavy atom. The van der Waals surface area contributed by atoms with E-state index in [0.717, 1.165) is 23.4 Å². The predicted molar refractivity (Wildman–Crippen MR) is 143 cm³/mol. The molecule has 0 N–H and O–H groups in total. The highest BCUT2D eigenvalue weighted by Gasteiger charge is 2.39. The Labute approximate surface area is 237 Å². The summed E-state index contributed by atoms with van der Waals surface area (Å²) in [6, 6.07) is 15.0. The number of benzene rings is 3. The number of rotatable bonds is 6. The standard InChI is InChI=1S/C28H23Cl2F4N5O/c1-37(12-17-2-8-22(25(31)10-17)28(32,33)34)26-14-38(13-21(26)19-5-9-23(29)24(30)11-19)27(40)18-3-6-20(7-4-18)39-16-35-15-36-39/h2-11,15-16,21,26H,12-14H2,1H3/t21-,26+/m1/s1. The van der Waals surface area contributed by atoms with Crippen molar-refractivity contribution in [3.63, 3.8) is 0 Å². The van der Waals surface area contributed by atoms with Gasteiger partial charge >= 0.3 is 6.18 Å². The van der Waals surface area contributed by atoms with Crippen LogP contribution in [0.4, 0.5) is 17.6 Å². The SMILES string of the molecule is CN(Cc1ccc(C(F)(F)F)c(F)c1)[C@H]1CN(C(=O)c2ccc(-n3cncn3)cc2)C[C@@H]1c1ccc(Cl)c(Cl)c1. The molecule has 0 radical (unpaired) electrons. The molecule has 4 aromatic rings. The normalized spacial score (nSPS) is 17.6. The van der Waals surface area contributed by atoms with Gasteiger partial charge in [0.25, 0.3) is 5.91 Å². The Morgan fingerprint density at radius 1 is 1.02 bits per heavy atom. The molecule has 0 saturated carbocycles. The van der Waals surface area contributed by atoms with E-state index in [4.69, 9.17) is 23.2 Å². The summed E-state index contributed by atoms with van der Waals surface area (Å²) in [5.41, 5.74) is 1.19. The summed E-state index contributed by atoms with van der Waals surface area (Å²) in [6.45, 7) is 0.887. The molecule has 1 saturated heterocycles. The van der Waals surface area contributed by atoms with Crippen LogP contribution >= 0.6 is 23.2 Å². The molecular formula is C28H23Cl2F4N5O. The zero-order valence-corrected chi connectivity index (χ0v) is 22.6. The first-order valence-electron chi connectivity index (χ1n) is 12.3. The molecule has 1 aliphatic rings. The van der Waals surface area contributed by atoms with Crippen LogP contribution in [0.15, 0.2) is 73.3 Å². The molecule has 1 fully saturated rings. The van der Waals surface area contributed by atoms with Gasteiger partial charge in [0.05, 0.1) is 21.3 Å². The minimum Gasteiger partial charge on any atom is -0.336 e. The number of likely N-dealkylation sites (tertiary alicyclic amines) is 1. The Hall–Kier alpha value is -3.47. The Balaban J connectivity index is 1.39. The van der Waals surface area contributed by atoms with E-state index in [2.05, 4.69) is 10.1 Å². The average Bonchev–Trinajstić information content (AvgIpc) is 3.60. The lowest BCUT2D eigenvalue weighted by Gasteiger charge is -2.29. The van der Waals surface area contributed by atoms with Crippen LogP contribution in [0.3, 0.4) is 0 Å². The van der Waals surface area contributed by atoms with Gasteiger partial charge in [-0.2, -0.15) is 18.3 Å². The first-order valence-corrected chi connectivity index (χ1v) is 13.0. The van der Waals surface area contributed by atoms with Gasteiger partial charge < -0.3 is 4.90 Å². The maximum atomic E-state index is 14.2. The number of aromatic nitrogens is 3. The molecule has 0 bridgehead atoms. The summed E-state index contributed by atoms with van der Waals surface area (Å²) in [7, 11) is 1.80. The number of nitrogens with zero attached hydrogens (tertiary/aromatic N) is 5. The fourth-order valence-electron chi connectivity index (χ4n) is 5.04. The molecule has 0 aliphatic carbocycles. The van der Waals surface area contributed by atoms with Gasteiger partial charge in [0, 0.05) is 37.2 Å². The van der Waals surface area contributed by atoms with E-state index in [9.17, 15) is 22.4 Å². The van der Waals surface area contributed by atoms with Crippen LogP contribution < -0.4 is 0 Å². The van der Waals surface area contributed by atoms with Crippen LogP contribution in [0.25, 0.3) is 5.69 Å². The van der Waals surface area contributed by atoms with Crippen LogP contribution in [0.1, 0.15) is 33.0 Å². The van der Waals surface area contributed by atoms with E-state index in [1.165, 1.54) is 12.4 Å². The van der Waals surface area contributed by atoms with E-state index in [1.807, 2.05) is 11.0 Å². The van der Waals surface area contributed by atoms with E-state index < -0.39 is 17.6 Å². The molecule has 3 aromatic carbocycles. The lowest BCUT2D eigenvalue weighted by molar-refractivity contribution is -0.140. The third-order valence-corrected chi connectivity index (χ3v) is 7.82. The summed E-state index contributed by atoms with van der Waals surface area (Å²) < 4.78 is 54.9. The lowest BCUT2D eigenvalue weighted by atomic mass is 9.93. The summed E-state index contributed by atoms with van der Waals surface area (Å²) >= 11 is 12.4. The van der Waals surface area contributed by atoms with Crippen molar-refractivity contribution in [2.75, 3.05) is 20.1 Å². The van der Waals surface area contributed by atoms with Crippen molar-refractivity contribution in [1.29, 1.82) is 0 Å². The minimum atomic E-state index is -4.77. The molecule has 2 heterocycles. The fraction of sp³-hybridized carbons (Fsp3) is 0.250. The molecule has 2 atom stereocenters.